The summed E-state index contributed by atoms with van der Waals surface area (Å²) in [4.78, 5) is 24.4. The third-order valence-corrected chi connectivity index (χ3v) is 3.45. The third kappa shape index (κ3) is 1.59. The molecule has 0 aliphatic carbocycles. The summed E-state index contributed by atoms with van der Waals surface area (Å²) in [5.41, 5.74) is 0. The van der Waals surface area contributed by atoms with E-state index in [0.29, 0.717) is 13.2 Å². The predicted octanol–water partition coefficient (Wildman–Crippen LogP) is -0.683. The summed E-state index contributed by atoms with van der Waals surface area (Å²) < 4.78 is 16.6. The second-order valence-corrected chi connectivity index (χ2v) is 4.99. The Labute approximate surface area is 98.8 Å². The molecule has 0 saturated carbocycles. The Bertz CT molecular complexity index is 384. The van der Waals surface area contributed by atoms with Gasteiger partial charge in [-0.1, -0.05) is 0 Å². The third-order valence-electron chi connectivity index (χ3n) is 3.45. The minimum absolute atomic E-state index is 0.0222. The number of ketones is 1. The molecule has 3 fully saturated rings. The van der Waals surface area contributed by atoms with Gasteiger partial charge in [-0.15, -0.1) is 0 Å². The molecule has 0 spiro atoms. The smallest absolute Gasteiger partial charge is 0.254 e. The maximum Gasteiger partial charge on any atom is 0.254 e. The molecular formula is C11H15NO5. The lowest BCUT2D eigenvalue weighted by Gasteiger charge is -2.52. The number of rotatable bonds is 3. The van der Waals surface area contributed by atoms with Crippen LogP contribution in [0.1, 0.15) is 13.8 Å². The predicted molar refractivity (Wildman–Crippen MR) is 55.2 cm³/mol. The first-order valence-corrected chi connectivity index (χ1v) is 5.73. The molecule has 0 aromatic carbocycles. The van der Waals surface area contributed by atoms with Crippen molar-refractivity contribution in [3.05, 3.63) is 0 Å². The number of hydrogen-bond donors (Lipinski definition) is 0. The molecule has 0 aromatic rings. The number of hydrogen-bond acceptors (Lipinski definition) is 5. The molecule has 4 atom stereocenters. The summed E-state index contributed by atoms with van der Waals surface area (Å²) in [6.07, 6.45) is -0.682. The lowest BCUT2D eigenvalue weighted by Crippen LogP contribution is -2.74. The van der Waals surface area contributed by atoms with Gasteiger partial charge in [-0.05, 0) is 13.8 Å². The van der Waals surface area contributed by atoms with Crippen molar-refractivity contribution in [1.29, 1.82) is 0 Å². The van der Waals surface area contributed by atoms with Crippen LogP contribution in [0.3, 0.4) is 0 Å². The molecule has 1 amide bonds. The van der Waals surface area contributed by atoms with Crippen molar-refractivity contribution in [2.24, 2.45) is 0 Å². The lowest BCUT2D eigenvalue weighted by atomic mass is 9.90. The van der Waals surface area contributed by atoms with Gasteiger partial charge in [-0.2, -0.15) is 0 Å². The first kappa shape index (κ1) is 11.1. The highest BCUT2D eigenvalue weighted by Gasteiger charge is 2.62. The number of amides is 1. The van der Waals surface area contributed by atoms with Gasteiger partial charge >= 0.3 is 0 Å². The molecule has 3 aliphatic rings. The number of morpholine rings is 1. The normalized spacial score (nSPS) is 43.3. The van der Waals surface area contributed by atoms with Gasteiger partial charge in [0, 0.05) is 0 Å². The van der Waals surface area contributed by atoms with Crippen molar-refractivity contribution in [2.45, 2.75) is 37.9 Å². The van der Waals surface area contributed by atoms with E-state index < -0.39 is 11.9 Å². The molecule has 3 rings (SSSR count). The summed E-state index contributed by atoms with van der Waals surface area (Å²) in [6.45, 7) is 4.16. The molecule has 3 saturated heterocycles. The monoisotopic (exact) mass is 241 g/mol. The van der Waals surface area contributed by atoms with Crippen molar-refractivity contribution in [2.75, 3.05) is 19.8 Å². The fraction of sp³-hybridized carbons (Fsp3) is 0.818. The van der Waals surface area contributed by atoms with Crippen LogP contribution in [-0.4, -0.2) is 60.4 Å². The zero-order chi connectivity index (χ0) is 12.2. The van der Waals surface area contributed by atoms with E-state index in [1.807, 2.05) is 6.92 Å². The summed E-state index contributed by atoms with van der Waals surface area (Å²) in [5, 5.41) is 0. The first-order chi connectivity index (χ1) is 8.00. The number of β-lactam (4-membered cyclic amide) rings is 1. The van der Waals surface area contributed by atoms with E-state index in [1.54, 1.807) is 4.90 Å². The summed E-state index contributed by atoms with van der Waals surface area (Å²) in [5.74, 6) is -0.815. The molecular weight excluding hydrogens is 226 g/mol. The van der Waals surface area contributed by atoms with Gasteiger partial charge in [0.25, 0.3) is 5.91 Å². The second kappa shape index (κ2) is 3.51. The van der Waals surface area contributed by atoms with Crippen LogP contribution in [0, 0.1) is 0 Å². The molecule has 0 radical (unpaired) electrons. The van der Waals surface area contributed by atoms with Gasteiger partial charge in [-0.25, -0.2) is 0 Å². The summed E-state index contributed by atoms with van der Waals surface area (Å²) in [7, 11) is 0. The number of Topliss-reactive ketones (excluding diaryl/α,β-unsaturated/α-hetero) is 1. The Morgan fingerprint density at radius 1 is 1.65 bits per heavy atom. The van der Waals surface area contributed by atoms with Gasteiger partial charge < -0.3 is 19.1 Å². The van der Waals surface area contributed by atoms with Crippen molar-refractivity contribution >= 4 is 11.7 Å². The maximum absolute atomic E-state index is 11.8. The van der Waals surface area contributed by atoms with Crippen LogP contribution in [0.5, 0.6) is 0 Å². The molecule has 3 heterocycles. The maximum atomic E-state index is 11.8. The highest BCUT2D eigenvalue weighted by Crippen LogP contribution is 2.40. The minimum atomic E-state index is -0.664. The summed E-state index contributed by atoms with van der Waals surface area (Å²) in [6, 6.07) is -0.0996. The van der Waals surface area contributed by atoms with Crippen molar-refractivity contribution in [3.63, 3.8) is 0 Å². The fourth-order valence-corrected chi connectivity index (χ4v) is 2.70. The molecule has 17 heavy (non-hydrogen) atoms. The first-order valence-electron chi connectivity index (χ1n) is 5.73. The molecule has 0 aromatic heterocycles. The fourth-order valence-electron chi connectivity index (χ4n) is 2.70. The van der Waals surface area contributed by atoms with E-state index in [2.05, 4.69) is 0 Å². The van der Waals surface area contributed by atoms with E-state index in [1.165, 1.54) is 6.92 Å². The Morgan fingerprint density at radius 3 is 3.12 bits per heavy atom. The van der Waals surface area contributed by atoms with E-state index in [0.717, 1.165) is 0 Å². The SMILES string of the molecule is CC(=O)CO[C@H]1C(=O)N2C[C@]3(C)OC[C@@H](O3)[C@@H]12. The molecule has 0 N–H and O–H groups in total. The second-order valence-electron chi connectivity index (χ2n) is 4.99. The number of nitrogens with zero attached hydrogens (tertiary/aromatic N) is 1. The average molecular weight is 241 g/mol. The molecule has 0 unspecified atom stereocenters. The Hall–Kier alpha value is -0.980. The largest absolute Gasteiger partial charge is 0.358 e. The average Bonchev–Trinajstić information content (AvgIpc) is 2.58. The van der Waals surface area contributed by atoms with Crippen LogP contribution in [-0.2, 0) is 23.8 Å². The standard InChI is InChI=1S/C11H15NO5/c1-6(13)3-15-9-8-7-4-16-11(2,17-7)5-12(8)10(9)14/h7-9H,3-5H2,1-2H3/t7-,8+,9-,11-/m1/s1. The van der Waals surface area contributed by atoms with Crippen molar-refractivity contribution in [1.82, 2.24) is 4.90 Å². The lowest BCUT2D eigenvalue weighted by molar-refractivity contribution is -0.246. The zero-order valence-electron chi connectivity index (χ0n) is 9.84. The van der Waals surface area contributed by atoms with Crippen LogP contribution >= 0.6 is 0 Å². The Morgan fingerprint density at radius 2 is 2.41 bits per heavy atom. The van der Waals surface area contributed by atoms with Crippen molar-refractivity contribution < 1.29 is 23.8 Å². The van der Waals surface area contributed by atoms with Gasteiger partial charge in [0.1, 0.15) is 12.7 Å². The van der Waals surface area contributed by atoms with Gasteiger partial charge in [0.2, 0.25) is 0 Å². The molecule has 94 valence electrons. The number of ether oxygens (including phenoxy) is 3. The molecule has 6 heteroatoms. The van der Waals surface area contributed by atoms with Gasteiger partial charge in [0.05, 0.1) is 19.2 Å². The van der Waals surface area contributed by atoms with Crippen LogP contribution in [0.15, 0.2) is 0 Å². The molecule has 2 bridgehead atoms. The van der Waals surface area contributed by atoms with Crippen LogP contribution in [0.2, 0.25) is 0 Å². The van der Waals surface area contributed by atoms with Crippen LogP contribution in [0.25, 0.3) is 0 Å². The van der Waals surface area contributed by atoms with E-state index >= 15 is 0 Å². The minimum Gasteiger partial charge on any atom is -0.358 e. The Kier molecular flexibility index (Phi) is 2.30. The van der Waals surface area contributed by atoms with Crippen LogP contribution < -0.4 is 0 Å². The number of fused-ring (bicyclic) bond motifs is 4. The van der Waals surface area contributed by atoms with Crippen LogP contribution in [0.4, 0.5) is 0 Å². The molecule has 3 aliphatic heterocycles. The highest BCUT2D eigenvalue weighted by atomic mass is 16.7. The van der Waals surface area contributed by atoms with Gasteiger partial charge in [0.15, 0.2) is 17.7 Å². The zero-order valence-corrected chi connectivity index (χ0v) is 9.84. The van der Waals surface area contributed by atoms with Crippen molar-refractivity contribution in [3.8, 4) is 0 Å². The van der Waals surface area contributed by atoms with E-state index in [-0.39, 0.29) is 30.4 Å². The topological polar surface area (TPSA) is 65.1 Å². The Balaban J connectivity index is 1.71. The van der Waals surface area contributed by atoms with E-state index in [4.69, 9.17) is 14.2 Å². The summed E-state index contributed by atoms with van der Waals surface area (Å²) >= 11 is 0. The molecule has 6 nitrogen and oxygen atoms in total. The quantitative estimate of drug-likeness (QED) is 0.612. The number of carbonyl (C=O) groups is 2. The number of carbonyl (C=O) groups excluding carboxylic acids is 2. The van der Waals surface area contributed by atoms with Gasteiger partial charge in [-0.3, -0.25) is 9.59 Å². The highest BCUT2D eigenvalue weighted by molar-refractivity contribution is 5.89. The van der Waals surface area contributed by atoms with E-state index in [9.17, 15) is 9.59 Å².